The Morgan fingerprint density at radius 2 is 1.82 bits per heavy atom. The lowest BCUT2D eigenvalue weighted by molar-refractivity contribution is 0.475. The maximum atomic E-state index is 9.22. The highest BCUT2D eigenvalue weighted by atomic mass is 35.5. The van der Waals surface area contributed by atoms with Crippen LogP contribution in [0.25, 0.3) is 17.0 Å². The molecule has 0 atom stereocenters. The lowest BCUT2D eigenvalue weighted by atomic mass is 10.2. The van der Waals surface area contributed by atoms with E-state index >= 15 is 0 Å². The number of benzene rings is 1. The monoisotopic (exact) mass is 245 g/mol. The molecule has 0 fully saturated rings. The van der Waals surface area contributed by atoms with Gasteiger partial charge in [-0.15, -0.1) is 5.10 Å². The first-order chi connectivity index (χ1) is 8.22. The van der Waals surface area contributed by atoms with Crippen LogP contribution in [0.1, 0.15) is 0 Å². The zero-order valence-corrected chi connectivity index (χ0v) is 9.46. The van der Waals surface area contributed by atoms with E-state index in [1.165, 1.54) is 0 Å². The van der Waals surface area contributed by atoms with Crippen molar-refractivity contribution < 1.29 is 5.11 Å². The van der Waals surface area contributed by atoms with Gasteiger partial charge in [0.25, 0.3) is 0 Å². The molecule has 0 saturated carbocycles. The minimum absolute atomic E-state index is 0.223. The van der Waals surface area contributed by atoms with Crippen molar-refractivity contribution in [1.82, 2.24) is 14.6 Å². The fourth-order valence-electron chi connectivity index (χ4n) is 1.59. The molecule has 0 aliphatic heterocycles. The van der Waals surface area contributed by atoms with Gasteiger partial charge in [-0.2, -0.15) is 0 Å². The van der Waals surface area contributed by atoms with Gasteiger partial charge in [0.05, 0.1) is 5.02 Å². The van der Waals surface area contributed by atoms with Gasteiger partial charge in [0.15, 0.2) is 11.5 Å². The van der Waals surface area contributed by atoms with E-state index in [1.54, 1.807) is 47.1 Å². The second kappa shape index (κ2) is 3.75. The predicted octanol–water partition coefficient (Wildman–Crippen LogP) is 2.76. The van der Waals surface area contributed by atoms with Crippen molar-refractivity contribution in [3.63, 3.8) is 0 Å². The van der Waals surface area contributed by atoms with Gasteiger partial charge in [-0.1, -0.05) is 11.6 Å². The molecule has 0 aliphatic carbocycles. The molecule has 3 aromatic rings. The Kier molecular flexibility index (Phi) is 2.23. The van der Waals surface area contributed by atoms with E-state index in [0.717, 1.165) is 11.2 Å². The third-order valence-electron chi connectivity index (χ3n) is 2.42. The maximum absolute atomic E-state index is 9.22. The smallest absolute Gasteiger partial charge is 0.182 e. The van der Waals surface area contributed by atoms with Crippen molar-refractivity contribution in [3.05, 3.63) is 47.6 Å². The summed E-state index contributed by atoms with van der Waals surface area (Å²) in [7, 11) is 0. The number of aromatic hydroxyl groups is 1. The number of halogens is 1. The van der Waals surface area contributed by atoms with E-state index in [2.05, 4.69) is 10.1 Å². The molecule has 5 heteroatoms. The molecule has 0 bridgehead atoms. The van der Waals surface area contributed by atoms with Gasteiger partial charge in [-0.3, -0.25) is 0 Å². The van der Waals surface area contributed by atoms with Crippen molar-refractivity contribution in [2.24, 2.45) is 0 Å². The summed E-state index contributed by atoms with van der Waals surface area (Å²) in [5.41, 5.74) is 1.58. The first-order valence-corrected chi connectivity index (χ1v) is 5.41. The molecule has 2 heterocycles. The summed E-state index contributed by atoms with van der Waals surface area (Å²) in [6.07, 6.45) is 1.70. The minimum atomic E-state index is 0.223. The van der Waals surface area contributed by atoms with Gasteiger partial charge in [-0.25, -0.2) is 9.50 Å². The van der Waals surface area contributed by atoms with Crippen LogP contribution in [0.3, 0.4) is 0 Å². The van der Waals surface area contributed by atoms with Crippen LogP contribution in [-0.2, 0) is 0 Å². The molecule has 0 aliphatic rings. The Labute approximate surface area is 102 Å². The highest BCUT2D eigenvalue weighted by Gasteiger charge is 2.06. The zero-order chi connectivity index (χ0) is 11.8. The molecule has 3 rings (SSSR count). The number of phenolic OH excluding ortho intramolecular Hbond substituents is 1. The summed E-state index contributed by atoms with van der Waals surface area (Å²) in [6.45, 7) is 0. The lowest BCUT2D eigenvalue weighted by Gasteiger charge is -1.94. The van der Waals surface area contributed by atoms with Crippen LogP contribution in [0, 0.1) is 0 Å². The summed E-state index contributed by atoms with van der Waals surface area (Å²) in [4.78, 5) is 4.37. The Morgan fingerprint density at radius 3 is 2.59 bits per heavy atom. The SMILES string of the molecule is Oc1ccc(-c2nc3ccc(Cl)cn3n2)cc1. The van der Waals surface area contributed by atoms with E-state index in [0.29, 0.717) is 10.8 Å². The molecule has 0 spiro atoms. The van der Waals surface area contributed by atoms with Crippen LogP contribution in [0.5, 0.6) is 5.75 Å². The summed E-state index contributed by atoms with van der Waals surface area (Å²) >= 11 is 5.87. The van der Waals surface area contributed by atoms with Crippen LogP contribution < -0.4 is 0 Å². The largest absolute Gasteiger partial charge is 0.508 e. The van der Waals surface area contributed by atoms with Crippen LogP contribution in [0.2, 0.25) is 5.02 Å². The molecule has 0 radical (unpaired) electrons. The van der Waals surface area contributed by atoms with Gasteiger partial charge in [0.1, 0.15) is 5.75 Å². The van der Waals surface area contributed by atoms with Gasteiger partial charge in [0, 0.05) is 11.8 Å². The van der Waals surface area contributed by atoms with Crippen LogP contribution in [0.4, 0.5) is 0 Å². The molecule has 2 aromatic heterocycles. The number of pyridine rings is 1. The Hall–Kier alpha value is -2.07. The molecule has 0 unspecified atom stereocenters. The maximum Gasteiger partial charge on any atom is 0.182 e. The summed E-state index contributed by atoms with van der Waals surface area (Å²) in [6, 6.07) is 10.3. The molecule has 0 saturated heterocycles. The van der Waals surface area contributed by atoms with E-state index in [4.69, 9.17) is 11.6 Å². The van der Waals surface area contributed by atoms with Gasteiger partial charge in [-0.05, 0) is 36.4 Å². The zero-order valence-electron chi connectivity index (χ0n) is 8.71. The first-order valence-electron chi connectivity index (χ1n) is 5.04. The molecule has 84 valence electrons. The quantitative estimate of drug-likeness (QED) is 0.717. The molecule has 4 nitrogen and oxygen atoms in total. The summed E-state index contributed by atoms with van der Waals surface area (Å²) in [5.74, 6) is 0.827. The molecular formula is C12H8ClN3O. The third kappa shape index (κ3) is 1.83. The van der Waals surface area contributed by atoms with Crippen molar-refractivity contribution in [2.75, 3.05) is 0 Å². The number of hydrogen-bond acceptors (Lipinski definition) is 3. The van der Waals surface area contributed by atoms with E-state index in [9.17, 15) is 5.11 Å². The summed E-state index contributed by atoms with van der Waals surface area (Å²) < 4.78 is 1.63. The fraction of sp³-hybridized carbons (Fsp3) is 0. The average Bonchev–Trinajstić information content (AvgIpc) is 2.72. The second-order valence-corrected chi connectivity index (χ2v) is 4.07. The number of nitrogens with zero attached hydrogens (tertiary/aromatic N) is 3. The molecular weight excluding hydrogens is 238 g/mol. The summed E-state index contributed by atoms with van der Waals surface area (Å²) in [5, 5.41) is 14.1. The normalized spacial score (nSPS) is 10.9. The number of rotatable bonds is 1. The van der Waals surface area contributed by atoms with E-state index in [1.807, 2.05) is 0 Å². The number of aromatic nitrogens is 3. The minimum Gasteiger partial charge on any atom is -0.508 e. The van der Waals surface area contributed by atoms with Gasteiger partial charge in [0.2, 0.25) is 0 Å². The Morgan fingerprint density at radius 1 is 1.06 bits per heavy atom. The average molecular weight is 246 g/mol. The van der Waals surface area contributed by atoms with Crippen LogP contribution >= 0.6 is 11.6 Å². The van der Waals surface area contributed by atoms with Crippen LogP contribution in [-0.4, -0.2) is 19.7 Å². The Bertz CT molecular complexity index is 676. The molecule has 1 aromatic carbocycles. The fourth-order valence-corrected chi connectivity index (χ4v) is 1.75. The van der Waals surface area contributed by atoms with Crippen molar-refractivity contribution in [2.45, 2.75) is 0 Å². The first kappa shape index (κ1) is 10.1. The topological polar surface area (TPSA) is 50.4 Å². The second-order valence-electron chi connectivity index (χ2n) is 3.63. The molecule has 1 N–H and O–H groups in total. The van der Waals surface area contributed by atoms with E-state index < -0.39 is 0 Å². The van der Waals surface area contributed by atoms with Gasteiger partial charge >= 0.3 is 0 Å². The Balaban J connectivity index is 2.14. The number of hydrogen-bond donors (Lipinski definition) is 1. The lowest BCUT2D eigenvalue weighted by Crippen LogP contribution is -1.85. The number of phenols is 1. The van der Waals surface area contributed by atoms with Crippen molar-refractivity contribution in [3.8, 4) is 17.1 Å². The van der Waals surface area contributed by atoms with Crippen LogP contribution in [0.15, 0.2) is 42.6 Å². The standard InChI is InChI=1S/C12H8ClN3O/c13-9-3-6-11-14-12(15-16(11)7-9)8-1-4-10(17)5-2-8/h1-7,17H. The van der Waals surface area contributed by atoms with Crippen molar-refractivity contribution >= 4 is 17.2 Å². The van der Waals surface area contributed by atoms with Crippen molar-refractivity contribution in [1.29, 1.82) is 0 Å². The predicted molar refractivity (Wildman–Crippen MR) is 65.1 cm³/mol. The molecule has 17 heavy (non-hydrogen) atoms. The highest BCUT2D eigenvalue weighted by Crippen LogP contribution is 2.20. The van der Waals surface area contributed by atoms with E-state index in [-0.39, 0.29) is 5.75 Å². The van der Waals surface area contributed by atoms with Gasteiger partial charge < -0.3 is 5.11 Å². The third-order valence-corrected chi connectivity index (χ3v) is 2.64. The number of fused-ring (bicyclic) bond motifs is 1. The highest BCUT2D eigenvalue weighted by molar-refractivity contribution is 6.30. The molecule has 0 amide bonds.